The number of carbonyl (C=O) groups is 1. The van der Waals surface area contributed by atoms with Crippen LogP contribution in [0.15, 0.2) is 42.5 Å². The molecule has 0 atom stereocenters. The van der Waals surface area contributed by atoms with Crippen LogP contribution in [-0.4, -0.2) is 40.5 Å². The van der Waals surface area contributed by atoms with E-state index in [2.05, 4.69) is 5.32 Å². The summed E-state index contributed by atoms with van der Waals surface area (Å²) in [6.07, 6.45) is 1.08. The van der Waals surface area contributed by atoms with Gasteiger partial charge in [-0.2, -0.15) is 5.26 Å². The SMILES string of the molecule is CS(=O)(=O)N(CCNC(=O)c1ccc2c(c1)OCO2)c1cccc(C#N)c1. The van der Waals surface area contributed by atoms with Crippen molar-refractivity contribution in [1.29, 1.82) is 5.26 Å². The first-order valence-corrected chi connectivity index (χ1v) is 9.89. The molecule has 3 rings (SSSR count). The zero-order chi connectivity index (χ0) is 19.4. The Morgan fingerprint density at radius 1 is 1.22 bits per heavy atom. The molecule has 140 valence electrons. The zero-order valence-corrected chi connectivity index (χ0v) is 15.3. The lowest BCUT2D eigenvalue weighted by molar-refractivity contribution is 0.0954. The normalized spacial score (nSPS) is 12.3. The standard InChI is InChI=1S/C18H17N3O5S/c1-27(23,24)21(15-4-2-3-13(9-15)11-19)8-7-20-18(22)14-5-6-16-17(10-14)26-12-25-16/h2-6,9-10H,7-8,12H2,1H3,(H,20,22). The second-order valence-corrected chi connectivity index (χ2v) is 7.73. The second kappa shape index (κ2) is 7.55. The third-order valence-corrected chi connectivity index (χ3v) is 5.09. The third-order valence-electron chi connectivity index (χ3n) is 3.90. The summed E-state index contributed by atoms with van der Waals surface area (Å²) in [6.45, 7) is 0.243. The van der Waals surface area contributed by atoms with Crippen molar-refractivity contribution in [2.24, 2.45) is 0 Å². The van der Waals surface area contributed by atoms with Crippen molar-refractivity contribution in [2.75, 3.05) is 30.4 Å². The minimum atomic E-state index is -3.58. The number of rotatable bonds is 6. The highest BCUT2D eigenvalue weighted by Crippen LogP contribution is 2.32. The molecule has 1 N–H and O–H groups in total. The second-order valence-electron chi connectivity index (χ2n) is 5.82. The number of nitriles is 1. The van der Waals surface area contributed by atoms with E-state index in [4.69, 9.17) is 14.7 Å². The molecule has 1 heterocycles. The fourth-order valence-electron chi connectivity index (χ4n) is 2.63. The average Bonchev–Trinajstić information content (AvgIpc) is 3.11. The Morgan fingerprint density at radius 2 is 2.00 bits per heavy atom. The summed E-state index contributed by atoms with van der Waals surface area (Å²) in [5.41, 5.74) is 1.11. The lowest BCUT2D eigenvalue weighted by Crippen LogP contribution is -2.38. The maximum absolute atomic E-state index is 12.3. The first-order chi connectivity index (χ1) is 12.9. The summed E-state index contributed by atoms with van der Waals surface area (Å²) in [7, 11) is -3.58. The van der Waals surface area contributed by atoms with Gasteiger partial charge in [-0.3, -0.25) is 9.10 Å². The van der Waals surface area contributed by atoms with Crippen molar-refractivity contribution in [3.63, 3.8) is 0 Å². The predicted molar refractivity (Wildman–Crippen MR) is 98.2 cm³/mol. The van der Waals surface area contributed by atoms with Crippen LogP contribution in [0.25, 0.3) is 0 Å². The van der Waals surface area contributed by atoms with Crippen LogP contribution in [0.1, 0.15) is 15.9 Å². The van der Waals surface area contributed by atoms with E-state index in [1.54, 1.807) is 36.4 Å². The summed E-state index contributed by atoms with van der Waals surface area (Å²) in [5.74, 6) is 0.716. The van der Waals surface area contributed by atoms with E-state index < -0.39 is 10.0 Å². The highest BCUT2D eigenvalue weighted by atomic mass is 32.2. The molecule has 8 nitrogen and oxygen atoms in total. The molecule has 0 spiro atoms. The molecule has 0 fully saturated rings. The smallest absolute Gasteiger partial charge is 0.251 e. The van der Waals surface area contributed by atoms with Crippen LogP contribution in [0.4, 0.5) is 5.69 Å². The topological polar surface area (TPSA) is 109 Å². The Balaban J connectivity index is 1.67. The van der Waals surface area contributed by atoms with Crippen molar-refractivity contribution in [1.82, 2.24) is 5.32 Å². The molecule has 0 saturated heterocycles. The van der Waals surface area contributed by atoms with E-state index in [0.717, 1.165) is 10.6 Å². The van der Waals surface area contributed by atoms with E-state index in [9.17, 15) is 13.2 Å². The number of carbonyl (C=O) groups excluding carboxylic acids is 1. The average molecular weight is 387 g/mol. The summed E-state index contributed by atoms with van der Waals surface area (Å²) in [5, 5.41) is 11.7. The first kappa shape index (κ1) is 18.5. The van der Waals surface area contributed by atoms with Gasteiger partial charge >= 0.3 is 0 Å². The molecule has 0 aliphatic carbocycles. The van der Waals surface area contributed by atoms with E-state index in [-0.39, 0.29) is 25.8 Å². The molecule has 1 aliphatic heterocycles. The van der Waals surface area contributed by atoms with E-state index in [0.29, 0.717) is 28.3 Å². The summed E-state index contributed by atoms with van der Waals surface area (Å²) in [6, 6.07) is 13.1. The van der Waals surface area contributed by atoms with Gasteiger partial charge in [-0.1, -0.05) is 6.07 Å². The molecule has 0 saturated carbocycles. The monoisotopic (exact) mass is 387 g/mol. The van der Waals surface area contributed by atoms with Crippen molar-refractivity contribution in [3.05, 3.63) is 53.6 Å². The highest BCUT2D eigenvalue weighted by Gasteiger charge is 2.19. The molecule has 0 aromatic heterocycles. The summed E-state index contributed by atoms with van der Waals surface area (Å²) in [4.78, 5) is 12.3. The number of ether oxygens (including phenoxy) is 2. The summed E-state index contributed by atoms with van der Waals surface area (Å²) >= 11 is 0. The molecule has 0 bridgehead atoms. The van der Waals surface area contributed by atoms with Crippen LogP contribution in [0.5, 0.6) is 11.5 Å². The number of fused-ring (bicyclic) bond motifs is 1. The van der Waals surface area contributed by atoms with Gasteiger partial charge in [0, 0.05) is 12.1 Å². The van der Waals surface area contributed by atoms with Gasteiger partial charge in [-0.15, -0.1) is 0 Å². The Kier molecular flexibility index (Phi) is 5.19. The number of benzene rings is 2. The number of anilines is 1. The Labute approximate surface area is 157 Å². The molecule has 1 amide bonds. The predicted octanol–water partition coefficient (Wildman–Crippen LogP) is 1.48. The van der Waals surface area contributed by atoms with Gasteiger partial charge < -0.3 is 14.8 Å². The largest absolute Gasteiger partial charge is 0.454 e. The van der Waals surface area contributed by atoms with Crippen LogP contribution >= 0.6 is 0 Å². The number of nitrogens with zero attached hydrogens (tertiary/aromatic N) is 2. The van der Waals surface area contributed by atoms with Crippen molar-refractivity contribution in [2.45, 2.75) is 0 Å². The van der Waals surface area contributed by atoms with Crippen LogP contribution in [0.2, 0.25) is 0 Å². The maximum atomic E-state index is 12.3. The van der Waals surface area contributed by atoms with E-state index in [1.807, 2.05) is 6.07 Å². The number of sulfonamides is 1. The van der Waals surface area contributed by atoms with Crippen LogP contribution in [0.3, 0.4) is 0 Å². The lowest BCUT2D eigenvalue weighted by atomic mass is 10.2. The van der Waals surface area contributed by atoms with E-state index in [1.165, 1.54) is 6.07 Å². The number of nitrogens with one attached hydrogen (secondary N) is 1. The van der Waals surface area contributed by atoms with Crippen LogP contribution in [0, 0.1) is 11.3 Å². The fraction of sp³-hybridized carbons (Fsp3) is 0.222. The third kappa shape index (κ3) is 4.30. The fourth-order valence-corrected chi connectivity index (χ4v) is 3.55. The minimum Gasteiger partial charge on any atom is -0.454 e. The molecule has 1 aliphatic rings. The van der Waals surface area contributed by atoms with Crippen LogP contribution in [-0.2, 0) is 10.0 Å². The van der Waals surface area contributed by atoms with Gasteiger partial charge in [0.25, 0.3) is 5.91 Å². The molecular weight excluding hydrogens is 370 g/mol. The highest BCUT2D eigenvalue weighted by molar-refractivity contribution is 7.92. The number of hydrogen-bond donors (Lipinski definition) is 1. The van der Waals surface area contributed by atoms with Gasteiger partial charge in [0.2, 0.25) is 16.8 Å². The zero-order valence-electron chi connectivity index (χ0n) is 14.5. The van der Waals surface area contributed by atoms with Gasteiger partial charge in [0.15, 0.2) is 11.5 Å². The number of amides is 1. The lowest BCUT2D eigenvalue weighted by Gasteiger charge is -2.22. The van der Waals surface area contributed by atoms with Gasteiger partial charge in [0.05, 0.1) is 30.1 Å². The van der Waals surface area contributed by atoms with E-state index >= 15 is 0 Å². The Bertz CT molecular complexity index is 1010. The Morgan fingerprint density at radius 3 is 2.74 bits per heavy atom. The van der Waals surface area contributed by atoms with Crippen molar-refractivity contribution in [3.8, 4) is 17.6 Å². The molecule has 27 heavy (non-hydrogen) atoms. The molecule has 2 aromatic rings. The maximum Gasteiger partial charge on any atom is 0.251 e. The molecule has 0 unspecified atom stereocenters. The van der Waals surface area contributed by atoms with Crippen molar-refractivity contribution < 1.29 is 22.7 Å². The first-order valence-electron chi connectivity index (χ1n) is 8.04. The van der Waals surface area contributed by atoms with Crippen LogP contribution < -0.4 is 19.1 Å². The molecule has 9 heteroatoms. The van der Waals surface area contributed by atoms with Gasteiger partial charge in [0.1, 0.15) is 0 Å². The van der Waals surface area contributed by atoms with Gasteiger partial charge in [-0.05, 0) is 36.4 Å². The quantitative estimate of drug-likeness (QED) is 0.804. The molecule has 2 aromatic carbocycles. The number of hydrogen-bond acceptors (Lipinski definition) is 6. The van der Waals surface area contributed by atoms with Crippen molar-refractivity contribution >= 4 is 21.6 Å². The summed E-state index contributed by atoms with van der Waals surface area (Å²) < 4.78 is 35.8. The minimum absolute atomic E-state index is 0.0318. The van der Waals surface area contributed by atoms with Gasteiger partial charge in [-0.25, -0.2) is 8.42 Å². The molecule has 0 radical (unpaired) electrons. The Hall–Kier alpha value is -3.25. The molecular formula is C18H17N3O5S.